The predicted molar refractivity (Wildman–Crippen MR) is 131 cm³/mol. The van der Waals surface area contributed by atoms with E-state index < -0.39 is 0 Å². The Kier molecular flexibility index (Phi) is 6.47. The summed E-state index contributed by atoms with van der Waals surface area (Å²) < 4.78 is 20.0. The standard InChI is InChI=1S/C26H30FN5O2/c1-2-34-25-24(28-21-10-4-5-11-22(21)29-25)32-13-7-8-19(18-32)26(33)31-16-14-30(15-17-31)23-12-6-3-9-20(23)27/h3-6,9-12,19H,2,7-8,13-18H2,1H3/t19-/m1/s1. The van der Waals surface area contributed by atoms with Gasteiger partial charge in [0.25, 0.3) is 5.88 Å². The molecule has 0 unspecified atom stereocenters. The summed E-state index contributed by atoms with van der Waals surface area (Å²) in [6, 6.07) is 14.6. The van der Waals surface area contributed by atoms with Crippen molar-refractivity contribution in [3.63, 3.8) is 0 Å². The van der Waals surface area contributed by atoms with Crippen LogP contribution in [0.5, 0.6) is 5.88 Å². The van der Waals surface area contributed by atoms with E-state index in [0.717, 1.165) is 30.4 Å². The van der Waals surface area contributed by atoms with Crippen molar-refractivity contribution in [3.8, 4) is 5.88 Å². The van der Waals surface area contributed by atoms with E-state index in [0.29, 0.717) is 56.7 Å². The molecule has 1 aromatic heterocycles. The lowest BCUT2D eigenvalue weighted by molar-refractivity contribution is -0.136. The summed E-state index contributed by atoms with van der Waals surface area (Å²) >= 11 is 0. The van der Waals surface area contributed by atoms with Crippen LogP contribution in [0.25, 0.3) is 11.0 Å². The number of ether oxygens (including phenoxy) is 1. The molecule has 0 aliphatic carbocycles. The minimum absolute atomic E-state index is 0.100. The third-order valence-corrected chi connectivity index (χ3v) is 6.66. The number of piperidine rings is 1. The zero-order chi connectivity index (χ0) is 23.5. The van der Waals surface area contributed by atoms with Gasteiger partial charge in [-0.1, -0.05) is 24.3 Å². The Bertz CT molecular complexity index is 1160. The molecule has 0 radical (unpaired) electrons. The van der Waals surface area contributed by atoms with E-state index >= 15 is 0 Å². The highest BCUT2D eigenvalue weighted by molar-refractivity contribution is 5.81. The second kappa shape index (κ2) is 9.83. The minimum Gasteiger partial charge on any atom is -0.475 e. The van der Waals surface area contributed by atoms with Crippen LogP contribution < -0.4 is 14.5 Å². The van der Waals surface area contributed by atoms with Gasteiger partial charge in [0.15, 0.2) is 5.82 Å². The first-order chi connectivity index (χ1) is 16.6. The molecular weight excluding hydrogens is 433 g/mol. The number of carbonyl (C=O) groups excluding carboxylic acids is 1. The number of halogens is 1. The van der Waals surface area contributed by atoms with E-state index in [9.17, 15) is 9.18 Å². The SMILES string of the molecule is CCOc1nc2ccccc2nc1N1CCC[C@@H](C(=O)N2CCN(c3ccccc3F)CC2)C1. The monoisotopic (exact) mass is 463 g/mol. The highest BCUT2D eigenvalue weighted by Crippen LogP contribution is 2.31. The molecule has 7 nitrogen and oxygen atoms in total. The highest BCUT2D eigenvalue weighted by atomic mass is 19.1. The first kappa shape index (κ1) is 22.4. The third-order valence-electron chi connectivity index (χ3n) is 6.66. The molecule has 3 heterocycles. The molecule has 1 atom stereocenters. The largest absolute Gasteiger partial charge is 0.475 e. The van der Waals surface area contributed by atoms with Crippen molar-refractivity contribution in [3.05, 3.63) is 54.3 Å². The molecule has 2 fully saturated rings. The Labute approximate surface area is 199 Å². The van der Waals surface area contributed by atoms with Crippen molar-refractivity contribution in [2.75, 3.05) is 55.7 Å². The van der Waals surface area contributed by atoms with Crippen molar-refractivity contribution in [2.45, 2.75) is 19.8 Å². The normalized spacial score (nSPS) is 18.9. The number of piperazine rings is 1. The molecule has 178 valence electrons. The number of benzene rings is 2. The summed E-state index contributed by atoms with van der Waals surface area (Å²) in [4.78, 5) is 29.0. The van der Waals surface area contributed by atoms with Crippen molar-refractivity contribution in [2.24, 2.45) is 5.92 Å². The zero-order valence-corrected chi connectivity index (χ0v) is 19.5. The van der Waals surface area contributed by atoms with Crippen LogP contribution >= 0.6 is 0 Å². The molecule has 2 aliphatic heterocycles. The number of aromatic nitrogens is 2. The van der Waals surface area contributed by atoms with Crippen molar-refractivity contribution >= 4 is 28.4 Å². The number of amides is 1. The Morgan fingerprint density at radius 3 is 2.41 bits per heavy atom. The maximum atomic E-state index is 14.2. The van der Waals surface area contributed by atoms with Crippen molar-refractivity contribution in [1.82, 2.24) is 14.9 Å². The average molecular weight is 464 g/mol. The van der Waals surface area contributed by atoms with E-state index in [2.05, 4.69) is 9.88 Å². The van der Waals surface area contributed by atoms with Crippen LogP contribution in [0.3, 0.4) is 0 Å². The fourth-order valence-corrected chi connectivity index (χ4v) is 4.92. The van der Waals surface area contributed by atoms with Crippen molar-refractivity contribution < 1.29 is 13.9 Å². The van der Waals surface area contributed by atoms with E-state index in [1.807, 2.05) is 47.1 Å². The molecule has 2 saturated heterocycles. The third kappa shape index (κ3) is 4.49. The van der Waals surface area contributed by atoms with Crippen LogP contribution in [0, 0.1) is 11.7 Å². The molecule has 8 heteroatoms. The predicted octanol–water partition coefficient (Wildman–Crippen LogP) is 3.73. The van der Waals surface area contributed by atoms with Gasteiger partial charge in [-0.05, 0) is 44.0 Å². The molecule has 0 saturated carbocycles. The summed E-state index contributed by atoms with van der Waals surface area (Å²) in [5.74, 6) is 1.09. The minimum atomic E-state index is -0.216. The lowest BCUT2D eigenvalue weighted by Crippen LogP contribution is -2.53. The quantitative estimate of drug-likeness (QED) is 0.575. The van der Waals surface area contributed by atoms with Crippen LogP contribution in [-0.2, 0) is 4.79 Å². The van der Waals surface area contributed by atoms with Gasteiger partial charge in [0.05, 0.1) is 29.2 Å². The van der Waals surface area contributed by atoms with Gasteiger partial charge in [0.2, 0.25) is 5.91 Å². The lowest BCUT2D eigenvalue weighted by Gasteiger charge is -2.40. The smallest absolute Gasteiger partial charge is 0.258 e. The van der Waals surface area contributed by atoms with Gasteiger partial charge in [-0.25, -0.2) is 14.4 Å². The van der Waals surface area contributed by atoms with Gasteiger partial charge in [-0.15, -0.1) is 0 Å². The molecule has 0 N–H and O–H groups in total. The first-order valence-corrected chi connectivity index (χ1v) is 12.1. The van der Waals surface area contributed by atoms with Crippen LogP contribution in [0.15, 0.2) is 48.5 Å². The van der Waals surface area contributed by atoms with Gasteiger partial charge in [-0.3, -0.25) is 4.79 Å². The number of hydrogen-bond acceptors (Lipinski definition) is 6. The second-order valence-corrected chi connectivity index (χ2v) is 8.82. The molecule has 5 rings (SSSR count). The number of rotatable bonds is 5. The number of para-hydroxylation sites is 3. The maximum Gasteiger partial charge on any atom is 0.258 e. The van der Waals surface area contributed by atoms with Crippen LogP contribution in [0.4, 0.5) is 15.9 Å². The van der Waals surface area contributed by atoms with E-state index in [1.165, 1.54) is 6.07 Å². The zero-order valence-electron chi connectivity index (χ0n) is 19.5. The maximum absolute atomic E-state index is 14.2. The Balaban J connectivity index is 1.28. The molecule has 2 aliphatic rings. The van der Waals surface area contributed by atoms with Gasteiger partial charge in [-0.2, -0.15) is 0 Å². The Morgan fingerprint density at radius 1 is 0.971 bits per heavy atom. The lowest BCUT2D eigenvalue weighted by atomic mass is 9.96. The fourth-order valence-electron chi connectivity index (χ4n) is 4.92. The number of carbonyl (C=O) groups is 1. The number of fused-ring (bicyclic) bond motifs is 1. The summed E-state index contributed by atoms with van der Waals surface area (Å²) in [6.45, 7) is 6.32. The van der Waals surface area contributed by atoms with Crippen LogP contribution in [0.2, 0.25) is 0 Å². The number of nitrogens with zero attached hydrogens (tertiary/aromatic N) is 5. The summed E-state index contributed by atoms with van der Waals surface area (Å²) in [7, 11) is 0. The fraction of sp³-hybridized carbons (Fsp3) is 0.423. The van der Waals surface area contributed by atoms with Gasteiger partial charge < -0.3 is 19.4 Å². The van der Waals surface area contributed by atoms with Crippen LogP contribution in [0.1, 0.15) is 19.8 Å². The topological polar surface area (TPSA) is 61.8 Å². The number of hydrogen-bond donors (Lipinski definition) is 0. The summed E-state index contributed by atoms with van der Waals surface area (Å²) in [5, 5.41) is 0. The van der Waals surface area contributed by atoms with E-state index in [1.54, 1.807) is 12.1 Å². The van der Waals surface area contributed by atoms with E-state index in [4.69, 9.17) is 9.72 Å². The second-order valence-electron chi connectivity index (χ2n) is 8.82. The molecule has 1 amide bonds. The molecule has 0 spiro atoms. The summed E-state index contributed by atoms with van der Waals surface area (Å²) in [5.41, 5.74) is 2.22. The Morgan fingerprint density at radius 2 is 1.68 bits per heavy atom. The van der Waals surface area contributed by atoms with Crippen molar-refractivity contribution in [1.29, 1.82) is 0 Å². The molecule has 2 aromatic carbocycles. The van der Waals surface area contributed by atoms with Gasteiger partial charge in [0, 0.05) is 39.3 Å². The van der Waals surface area contributed by atoms with Gasteiger partial charge in [0.1, 0.15) is 5.82 Å². The van der Waals surface area contributed by atoms with E-state index in [-0.39, 0.29) is 17.6 Å². The molecule has 34 heavy (non-hydrogen) atoms. The molecule has 3 aromatic rings. The first-order valence-electron chi connectivity index (χ1n) is 12.1. The van der Waals surface area contributed by atoms with Gasteiger partial charge >= 0.3 is 0 Å². The molecule has 0 bridgehead atoms. The summed E-state index contributed by atoms with van der Waals surface area (Å²) in [6.07, 6.45) is 1.76. The average Bonchev–Trinajstić information content (AvgIpc) is 2.88. The van der Waals surface area contributed by atoms with Crippen LogP contribution in [-0.4, -0.2) is 66.7 Å². The Hall–Kier alpha value is -3.42. The molecular formula is C26H30FN5O2. The highest BCUT2D eigenvalue weighted by Gasteiger charge is 2.33. The number of anilines is 2.